The van der Waals surface area contributed by atoms with E-state index in [4.69, 9.17) is 19.7 Å². The summed E-state index contributed by atoms with van der Waals surface area (Å²) in [5.41, 5.74) is 5.21. The van der Waals surface area contributed by atoms with Gasteiger partial charge in [0.1, 0.15) is 12.2 Å². The van der Waals surface area contributed by atoms with Crippen molar-refractivity contribution in [2.45, 2.75) is 26.4 Å². The molecule has 8 nitrogen and oxygen atoms in total. The van der Waals surface area contributed by atoms with Gasteiger partial charge in [0.25, 0.3) is 11.8 Å². The van der Waals surface area contributed by atoms with Crippen LogP contribution in [-0.4, -0.2) is 35.9 Å². The molecule has 2 aromatic rings. The second-order valence-corrected chi connectivity index (χ2v) is 5.81. The Morgan fingerprint density at radius 1 is 1.35 bits per heavy atom. The number of ether oxygens (including phenoxy) is 2. The van der Waals surface area contributed by atoms with Gasteiger partial charge in [-0.3, -0.25) is 4.79 Å². The summed E-state index contributed by atoms with van der Waals surface area (Å²) in [5.74, 6) is -0.376. The van der Waals surface area contributed by atoms with E-state index < -0.39 is 17.6 Å². The Balaban J connectivity index is 1.92. The summed E-state index contributed by atoms with van der Waals surface area (Å²) in [6.45, 7) is 5.74. The van der Waals surface area contributed by atoms with Crippen molar-refractivity contribution in [2.24, 2.45) is 5.73 Å². The third kappa shape index (κ3) is 4.35. The third-order valence-electron chi connectivity index (χ3n) is 2.74. The van der Waals surface area contributed by atoms with Gasteiger partial charge in [-0.15, -0.1) is 0 Å². The Hall–Kier alpha value is -2.77. The van der Waals surface area contributed by atoms with E-state index >= 15 is 0 Å². The van der Waals surface area contributed by atoms with Crippen molar-refractivity contribution < 1.29 is 23.6 Å². The molecule has 0 fully saturated rings. The second kappa shape index (κ2) is 6.55. The Kier molecular flexibility index (Phi) is 4.73. The maximum Gasteiger partial charge on any atom is 0.407 e. The van der Waals surface area contributed by atoms with E-state index in [0.29, 0.717) is 5.39 Å². The van der Waals surface area contributed by atoms with Crippen LogP contribution in [0.1, 0.15) is 31.1 Å². The molecule has 0 aliphatic carbocycles. The molecule has 0 unspecified atom stereocenters. The van der Waals surface area contributed by atoms with Crippen LogP contribution >= 0.6 is 0 Å². The zero-order chi connectivity index (χ0) is 17.0. The van der Waals surface area contributed by atoms with Crippen molar-refractivity contribution >= 4 is 23.0 Å². The number of nitrogens with two attached hydrogens (primary N) is 1. The van der Waals surface area contributed by atoms with Crippen LogP contribution < -0.4 is 15.8 Å². The van der Waals surface area contributed by atoms with E-state index in [1.165, 1.54) is 0 Å². The average Bonchev–Trinajstić information content (AvgIpc) is 2.84. The number of nitrogens with one attached hydrogen (secondary N) is 1. The van der Waals surface area contributed by atoms with Crippen molar-refractivity contribution in [3.05, 3.63) is 23.8 Å². The van der Waals surface area contributed by atoms with Gasteiger partial charge in [-0.25, -0.2) is 4.79 Å². The molecule has 0 bridgehead atoms. The number of rotatable bonds is 5. The first kappa shape index (κ1) is 16.6. The smallest absolute Gasteiger partial charge is 0.407 e. The molecule has 23 heavy (non-hydrogen) atoms. The van der Waals surface area contributed by atoms with Gasteiger partial charge in [0.05, 0.1) is 17.5 Å². The number of fused-ring (bicyclic) bond motifs is 1. The molecule has 2 amide bonds. The van der Waals surface area contributed by atoms with E-state index in [9.17, 15) is 9.59 Å². The number of aromatic nitrogens is 1. The van der Waals surface area contributed by atoms with Crippen LogP contribution in [0.15, 0.2) is 22.7 Å². The number of hydrogen-bond donors (Lipinski definition) is 2. The molecule has 1 aromatic carbocycles. The molecule has 124 valence electrons. The lowest BCUT2D eigenvalue weighted by molar-refractivity contribution is 0.0519. The highest BCUT2D eigenvalue weighted by Gasteiger charge is 2.17. The summed E-state index contributed by atoms with van der Waals surface area (Å²) in [6.07, 6.45) is -0.526. The van der Waals surface area contributed by atoms with Gasteiger partial charge in [0, 0.05) is 0 Å². The fourth-order valence-corrected chi connectivity index (χ4v) is 1.85. The van der Waals surface area contributed by atoms with Crippen LogP contribution in [-0.2, 0) is 4.74 Å². The van der Waals surface area contributed by atoms with E-state index in [2.05, 4.69) is 10.5 Å². The number of hydrogen-bond acceptors (Lipinski definition) is 6. The first-order valence-electron chi connectivity index (χ1n) is 7.06. The molecule has 3 N–H and O–H groups in total. The van der Waals surface area contributed by atoms with Gasteiger partial charge < -0.3 is 25.0 Å². The van der Waals surface area contributed by atoms with Crippen molar-refractivity contribution in [2.75, 3.05) is 13.2 Å². The maximum absolute atomic E-state index is 11.5. The second-order valence-electron chi connectivity index (χ2n) is 5.81. The van der Waals surface area contributed by atoms with Crippen molar-refractivity contribution in [1.29, 1.82) is 0 Å². The first-order valence-corrected chi connectivity index (χ1v) is 7.06. The topological polar surface area (TPSA) is 117 Å². The molecular formula is C15H19N3O5. The highest BCUT2D eigenvalue weighted by Crippen LogP contribution is 2.27. The van der Waals surface area contributed by atoms with Crippen LogP contribution in [0.5, 0.6) is 5.88 Å². The number of carbonyl (C=O) groups excluding carboxylic acids is 2. The Morgan fingerprint density at radius 2 is 2.09 bits per heavy atom. The van der Waals surface area contributed by atoms with Gasteiger partial charge in [-0.1, -0.05) is 6.07 Å². The van der Waals surface area contributed by atoms with Gasteiger partial charge in [-0.05, 0) is 38.1 Å². The number of para-hydroxylation sites is 1. The predicted molar refractivity (Wildman–Crippen MR) is 82.3 cm³/mol. The maximum atomic E-state index is 11.5. The monoisotopic (exact) mass is 321 g/mol. The third-order valence-corrected chi connectivity index (χ3v) is 2.74. The number of amides is 2. The quantitative estimate of drug-likeness (QED) is 0.811. The fraction of sp³-hybridized carbons (Fsp3) is 0.400. The molecule has 1 aromatic heterocycles. The molecule has 0 spiro atoms. The van der Waals surface area contributed by atoms with Crippen molar-refractivity contribution in [3.8, 4) is 5.88 Å². The first-order chi connectivity index (χ1) is 10.8. The standard InChI is InChI=1S/C15H19N3O5/c1-15(2,3)22-14(20)17-7-8-21-13-10-6-4-5-9(12(16)19)11(10)23-18-13/h4-6H,7-8H2,1-3H3,(H2,16,19)(H,17,20). The Bertz CT molecular complexity index is 717. The van der Waals surface area contributed by atoms with E-state index in [0.717, 1.165) is 0 Å². The summed E-state index contributed by atoms with van der Waals surface area (Å²) in [6, 6.07) is 4.91. The summed E-state index contributed by atoms with van der Waals surface area (Å²) >= 11 is 0. The molecule has 0 aliphatic rings. The van der Waals surface area contributed by atoms with E-state index in [-0.39, 0.29) is 30.2 Å². The number of carbonyl (C=O) groups is 2. The van der Waals surface area contributed by atoms with E-state index in [1.807, 2.05) is 0 Å². The van der Waals surface area contributed by atoms with Gasteiger partial charge in [0.15, 0.2) is 5.58 Å². The van der Waals surface area contributed by atoms with Crippen LogP contribution in [0.4, 0.5) is 4.79 Å². The highest BCUT2D eigenvalue weighted by atomic mass is 16.6. The fourth-order valence-electron chi connectivity index (χ4n) is 1.85. The molecule has 0 saturated heterocycles. The zero-order valence-electron chi connectivity index (χ0n) is 13.2. The van der Waals surface area contributed by atoms with Crippen LogP contribution in [0.3, 0.4) is 0 Å². The molecular weight excluding hydrogens is 302 g/mol. The molecule has 0 atom stereocenters. The molecule has 0 saturated carbocycles. The summed E-state index contributed by atoms with van der Waals surface area (Å²) < 4.78 is 15.6. The molecule has 1 heterocycles. The summed E-state index contributed by atoms with van der Waals surface area (Å²) in [7, 11) is 0. The summed E-state index contributed by atoms with van der Waals surface area (Å²) in [5, 5.41) is 6.87. The zero-order valence-corrected chi connectivity index (χ0v) is 13.2. The van der Waals surface area contributed by atoms with Crippen LogP contribution in [0, 0.1) is 0 Å². The number of benzene rings is 1. The van der Waals surface area contributed by atoms with Gasteiger partial charge >= 0.3 is 6.09 Å². The minimum absolute atomic E-state index is 0.168. The SMILES string of the molecule is CC(C)(C)OC(=O)NCCOc1noc2c(C(N)=O)cccc12. The Labute approximate surface area is 132 Å². The minimum atomic E-state index is -0.607. The number of alkyl carbamates (subject to hydrolysis) is 1. The molecule has 0 aliphatic heterocycles. The lowest BCUT2D eigenvalue weighted by Crippen LogP contribution is -2.34. The van der Waals surface area contributed by atoms with Crippen LogP contribution in [0.2, 0.25) is 0 Å². The van der Waals surface area contributed by atoms with Crippen LogP contribution in [0.25, 0.3) is 11.0 Å². The molecule has 0 radical (unpaired) electrons. The van der Waals surface area contributed by atoms with Gasteiger partial charge in [-0.2, -0.15) is 0 Å². The van der Waals surface area contributed by atoms with Gasteiger partial charge in [0.2, 0.25) is 0 Å². The lowest BCUT2D eigenvalue weighted by atomic mass is 10.1. The number of nitrogens with zero attached hydrogens (tertiary/aromatic N) is 1. The minimum Gasteiger partial charge on any atom is -0.473 e. The lowest BCUT2D eigenvalue weighted by Gasteiger charge is -2.19. The van der Waals surface area contributed by atoms with Crippen molar-refractivity contribution in [3.63, 3.8) is 0 Å². The molecule has 2 rings (SSSR count). The highest BCUT2D eigenvalue weighted by molar-refractivity contribution is 6.04. The average molecular weight is 321 g/mol. The number of primary amides is 1. The Morgan fingerprint density at radius 3 is 2.74 bits per heavy atom. The summed E-state index contributed by atoms with van der Waals surface area (Å²) in [4.78, 5) is 22.8. The normalized spacial score (nSPS) is 11.3. The largest absolute Gasteiger partial charge is 0.473 e. The van der Waals surface area contributed by atoms with Crippen molar-refractivity contribution in [1.82, 2.24) is 10.5 Å². The molecule has 8 heteroatoms. The van der Waals surface area contributed by atoms with E-state index in [1.54, 1.807) is 39.0 Å². The predicted octanol–water partition coefficient (Wildman–Crippen LogP) is 1.83.